The predicted molar refractivity (Wildman–Crippen MR) is 118 cm³/mol. The molecule has 2 aromatic carbocycles. The molecule has 4 rings (SSSR count). The lowest BCUT2D eigenvalue weighted by Crippen LogP contribution is -2.32. The number of amides is 1. The van der Waals surface area contributed by atoms with Gasteiger partial charge in [-0.15, -0.1) is 0 Å². The first-order valence-electron chi connectivity index (χ1n) is 10.5. The molecule has 0 bridgehead atoms. The van der Waals surface area contributed by atoms with E-state index in [9.17, 15) is 9.18 Å². The summed E-state index contributed by atoms with van der Waals surface area (Å²) in [5, 5.41) is 2.70. The predicted octanol–water partition coefficient (Wildman–Crippen LogP) is 3.96. The molecule has 1 aliphatic heterocycles. The molecular weight excluding hydrogens is 395 g/mol. The smallest absolute Gasteiger partial charge is 0.269 e. The third-order valence-electron chi connectivity index (χ3n) is 5.81. The van der Waals surface area contributed by atoms with Crippen LogP contribution in [0.4, 0.5) is 4.39 Å². The maximum Gasteiger partial charge on any atom is 0.269 e. The molecule has 162 valence electrons. The van der Waals surface area contributed by atoms with Crippen LogP contribution in [0.3, 0.4) is 0 Å². The topological polar surface area (TPSA) is 70.2 Å². The van der Waals surface area contributed by atoms with Crippen LogP contribution in [0.2, 0.25) is 0 Å². The minimum Gasteiger partial charge on any atom is -0.497 e. The summed E-state index contributed by atoms with van der Waals surface area (Å²) in [6.45, 7) is 2.54. The van der Waals surface area contributed by atoms with Gasteiger partial charge in [0.1, 0.15) is 28.8 Å². The lowest BCUT2D eigenvalue weighted by molar-refractivity contribution is 0.0959. The Bertz CT molecular complexity index is 1040. The van der Waals surface area contributed by atoms with Gasteiger partial charge < -0.3 is 15.0 Å². The van der Waals surface area contributed by atoms with Crippen molar-refractivity contribution in [1.29, 1.82) is 0 Å². The van der Waals surface area contributed by atoms with Gasteiger partial charge in [-0.25, -0.2) is 9.37 Å². The molecule has 6 nitrogen and oxygen atoms in total. The first-order valence-corrected chi connectivity index (χ1v) is 10.5. The number of benzene rings is 2. The number of carbonyl (C=O) groups is 1. The number of nitrogens with zero attached hydrogens (tertiary/aromatic N) is 2. The maximum absolute atomic E-state index is 13.5. The Morgan fingerprint density at radius 1 is 1.23 bits per heavy atom. The lowest BCUT2D eigenvalue weighted by atomic mass is 9.96. The second kappa shape index (κ2) is 9.31. The van der Waals surface area contributed by atoms with Gasteiger partial charge in [0.15, 0.2) is 0 Å². The second-order valence-electron chi connectivity index (χ2n) is 7.83. The van der Waals surface area contributed by atoms with Crippen molar-refractivity contribution >= 4 is 5.91 Å². The van der Waals surface area contributed by atoms with Crippen LogP contribution in [0, 0.1) is 5.82 Å². The third kappa shape index (κ3) is 4.77. The van der Waals surface area contributed by atoms with E-state index in [2.05, 4.69) is 15.2 Å². The number of nitrogens with one attached hydrogen (secondary N) is 2. The van der Waals surface area contributed by atoms with E-state index >= 15 is 0 Å². The van der Waals surface area contributed by atoms with Crippen molar-refractivity contribution in [2.24, 2.45) is 0 Å². The molecule has 1 fully saturated rings. The van der Waals surface area contributed by atoms with Crippen LogP contribution in [0.15, 0.2) is 48.5 Å². The summed E-state index contributed by atoms with van der Waals surface area (Å²) in [4.78, 5) is 22.9. The lowest BCUT2D eigenvalue weighted by Gasteiger charge is -2.31. The SMILES string of the molecule is CNC(=O)c1[nH]c(C2CCN(Cc3cccc(F)c3)CC2)nc1-c1ccc(OC)cc1. The summed E-state index contributed by atoms with van der Waals surface area (Å²) < 4.78 is 18.7. The zero-order valence-corrected chi connectivity index (χ0v) is 17.8. The van der Waals surface area contributed by atoms with Crippen molar-refractivity contribution in [2.45, 2.75) is 25.3 Å². The largest absolute Gasteiger partial charge is 0.497 e. The molecule has 0 saturated carbocycles. The molecule has 31 heavy (non-hydrogen) atoms. The molecule has 1 aliphatic rings. The highest BCUT2D eigenvalue weighted by Crippen LogP contribution is 2.31. The van der Waals surface area contributed by atoms with Crippen LogP contribution < -0.4 is 10.1 Å². The Kier molecular flexibility index (Phi) is 6.32. The number of H-pyrrole nitrogens is 1. The molecule has 0 atom stereocenters. The Labute approximate surface area is 181 Å². The van der Waals surface area contributed by atoms with Crippen LogP contribution in [-0.4, -0.2) is 48.0 Å². The van der Waals surface area contributed by atoms with Crippen LogP contribution in [0.5, 0.6) is 5.75 Å². The molecule has 2 heterocycles. The van der Waals surface area contributed by atoms with Crippen molar-refractivity contribution < 1.29 is 13.9 Å². The van der Waals surface area contributed by atoms with Gasteiger partial charge in [0.25, 0.3) is 5.91 Å². The molecule has 7 heteroatoms. The highest BCUT2D eigenvalue weighted by molar-refractivity contribution is 5.98. The number of carbonyl (C=O) groups excluding carboxylic acids is 1. The van der Waals surface area contributed by atoms with E-state index in [-0.39, 0.29) is 17.6 Å². The average molecular weight is 423 g/mol. The zero-order valence-electron chi connectivity index (χ0n) is 17.8. The third-order valence-corrected chi connectivity index (χ3v) is 5.81. The first kappa shape index (κ1) is 21.1. The minimum absolute atomic E-state index is 0.187. The van der Waals surface area contributed by atoms with E-state index in [1.807, 2.05) is 30.3 Å². The summed E-state index contributed by atoms with van der Waals surface area (Å²) in [5.41, 5.74) is 2.98. The van der Waals surface area contributed by atoms with E-state index < -0.39 is 0 Å². The summed E-state index contributed by atoms with van der Waals surface area (Å²) in [6.07, 6.45) is 1.86. The number of aromatic nitrogens is 2. The molecule has 2 N–H and O–H groups in total. The summed E-state index contributed by atoms with van der Waals surface area (Å²) >= 11 is 0. The number of hydrogen-bond acceptors (Lipinski definition) is 4. The molecule has 0 spiro atoms. The van der Waals surface area contributed by atoms with Crippen LogP contribution in [0.25, 0.3) is 11.3 Å². The number of hydrogen-bond donors (Lipinski definition) is 2. The second-order valence-corrected chi connectivity index (χ2v) is 7.83. The molecule has 1 aromatic heterocycles. The van der Waals surface area contributed by atoms with Gasteiger partial charge in [-0.05, 0) is 67.9 Å². The highest BCUT2D eigenvalue weighted by Gasteiger charge is 2.26. The van der Waals surface area contributed by atoms with Crippen LogP contribution in [-0.2, 0) is 6.54 Å². The van der Waals surface area contributed by atoms with E-state index in [4.69, 9.17) is 9.72 Å². The maximum atomic E-state index is 13.5. The van der Waals surface area contributed by atoms with Gasteiger partial charge >= 0.3 is 0 Å². The molecule has 0 radical (unpaired) electrons. The fourth-order valence-electron chi connectivity index (χ4n) is 4.09. The molecule has 3 aromatic rings. The van der Waals surface area contributed by atoms with E-state index in [1.54, 1.807) is 26.3 Å². The van der Waals surface area contributed by atoms with Crippen LogP contribution in [0.1, 0.15) is 40.6 Å². The summed E-state index contributed by atoms with van der Waals surface area (Å²) in [6, 6.07) is 14.3. The monoisotopic (exact) mass is 422 g/mol. The molecular formula is C24H27FN4O2. The van der Waals surface area contributed by atoms with Crippen molar-refractivity contribution in [1.82, 2.24) is 20.2 Å². The van der Waals surface area contributed by atoms with E-state index in [0.717, 1.165) is 55.2 Å². The number of rotatable bonds is 6. The van der Waals surface area contributed by atoms with Crippen molar-refractivity contribution in [3.8, 4) is 17.0 Å². The van der Waals surface area contributed by atoms with E-state index in [1.165, 1.54) is 6.07 Å². The number of imidazole rings is 1. The number of ether oxygens (including phenoxy) is 1. The van der Waals surface area contributed by atoms with Gasteiger partial charge in [-0.1, -0.05) is 12.1 Å². The molecule has 0 unspecified atom stereocenters. The Hall–Kier alpha value is -3.19. The molecule has 1 amide bonds. The number of piperidine rings is 1. The van der Waals surface area contributed by atoms with Crippen molar-refractivity contribution in [2.75, 3.05) is 27.2 Å². The van der Waals surface area contributed by atoms with E-state index in [0.29, 0.717) is 11.4 Å². The normalized spacial score (nSPS) is 15.1. The van der Waals surface area contributed by atoms with Gasteiger partial charge in [0.05, 0.1) is 7.11 Å². The Morgan fingerprint density at radius 2 is 1.97 bits per heavy atom. The first-order chi connectivity index (χ1) is 15.1. The Morgan fingerprint density at radius 3 is 2.61 bits per heavy atom. The number of aromatic amines is 1. The zero-order chi connectivity index (χ0) is 21.8. The standard InChI is InChI=1S/C24H27FN4O2/c1-26-24(30)22-21(17-6-8-20(31-2)9-7-17)27-23(28-22)18-10-12-29(13-11-18)15-16-4-3-5-19(25)14-16/h3-9,14,18H,10-13,15H2,1-2H3,(H,26,30)(H,27,28). The quantitative estimate of drug-likeness (QED) is 0.631. The number of likely N-dealkylation sites (tertiary alicyclic amines) is 1. The molecule has 0 aliphatic carbocycles. The van der Waals surface area contributed by atoms with Gasteiger partial charge in [0.2, 0.25) is 0 Å². The number of halogens is 1. The molecule has 1 saturated heterocycles. The highest BCUT2D eigenvalue weighted by atomic mass is 19.1. The van der Waals surface area contributed by atoms with Crippen molar-refractivity contribution in [3.63, 3.8) is 0 Å². The van der Waals surface area contributed by atoms with Gasteiger partial charge in [0, 0.05) is 25.1 Å². The Balaban J connectivity index is 1.49. The summed E-state index contributed by atoms with van der Waals surface area (Å²) in [5.74, 6) is 1.46. The fraction of sp³-hybridized carbons (Fsp3) is 0.333. The van der Waals surface area contributed by atoms with Gasteiger partial charge in [-0.3, -0.25) is 9.69 Å². The van der Waals surface area contributed by atoms with Gasteiger partial charge in [-0.2, -0.15) is 0 Å². The van der Waals surface area contributed by atoms with Crippen molar-refractivity contribution in [3.05, 3.63) is 71.4 Å². The fourth-order valence-corrected chi connectivity index (χ4v) is 4.09. The number of methoxy groups -OCH3 is 1. The van der Waals surface area contributed by atoms with Crippen LogP contribution >= 0.6 is 0 Å². The average Bonchev–Trinajstić information content (AvgIpc) is 3.24. The minimum atomic E-state index is -0.198. The summed E-state index contributed by atoms with van der Waals surface area (Å²) in [7, 11) is 3.24.